The first-order chi connectivity index (χ1) is 10.7. The number of amides is 2. The molecule has 0 bridgehead atoms. The molecule has 0 radical (unpaired) electrons. The van der Waals surface area contributed by atoms with E-state index in [9.17, 15) is 9.90 Å². The number of aryl methyl sites for hydroxylation is 2. The van der Waals surface area contributed by atoms with Gasteiger partial charge in [0.05, 0.1) is 11.4 Å². The molecule has 1 aromatic heterocycles. The average Bonchev–Trinajstić information content (AvgIpc) is 2.93. The summed E-state index contributed by atoms with van der Waals surface area (Å²) in [5.74, 6) is 1.14. The van der Waals surface area contributed by atoms with E-state index in [1.54, 1.807) is 12.1 Å². The number of phenols is 1. The molecule has 2 amide bonds. The molecule has 6 heteroatoms. The van der Waals surface area contributed by atoms with Gasteiger partial charge in [0.15, 0.2) is 0 Å². The van der Waals surface area contributed by atoms with E-state index in [1.165, 1.54) is 12.8 Å². The number of imidazole rings is 1. The number of carbonyl (C=O) groups is 1. The molecule has 0 spiro atoms. The Morgan fingerprint density at radius 3 is 3.05 bits per heavy atom. The first kappa shape index (κ1) is 14.4. The summed E-state index contributed by atoms with van der Waals surface area (Å²) < 4.78 is 2.18. The van der Waals surface area contributed by atoms with Gasteiger partial charge in [-0.2, -0.15) is 0 Å². The monoisotopic (exact) mass is 300 g/mol. The number of fused-ring (bicyclic) bond motifs is 1. The number of hydrogen-bond acceptors (Lipinski definition) is 3. The number of carbonyl (C=O) groups excluding carboxylic acids is 1. The van der Waals surface area contributed by atoms with E-state index >= 15 is 0 Å². The Morgan fingerprint density at radius 1 is 1.41 bits per heavy atom. The summed E-state index contributed by atoms with van der Waals surface area (Å²) in [5, 5.41) is 15.2. The number of urea groups is 1. The van der Waals surface area contributed by atoms with Gasteiger partial charge in [-0.25, -0.2) is 9.78 Å². The minimum absolute atomic E-state index is 0.0407. The van der Waals surface area contributed by atoms with Crippen molar-refractivity contribution in [2.75, 3.05) is 11.9 Å². The second-order valence-electron chi connectivity index (χ2n) is 5.41. The highest BCUT2D eigenvalue weighted by Crippen LogP contribution is 2.30. The lowest BCUT2D eigenvalue weighted by atomic mass is 10.1. The first-order valence-corrected chi connectivity index (χ1v) is 7.61. The summed E-state index contributed by atoms with van der Waals surface area (Å²) in [5.41, 5.74) is 2.14. The zero-order valence-electron chi connectivity index (χ0n) is 12.6. The van der Waals surface area contributed by atoms with E-state index in [1.807, 2.05) is 19.2 Å². The smallest absolute Gasteiger partial charge is 0.319 e. The van der Waals surface area contributed by atoms with Crippen LogP contribution >= 0.6 is 0 Å². The van der Waals surface area contributed by atoms with E-state index in [4.69, 9.17) is 0 Å². The summed E-state index contributed by atoms with van der Waals surface area (Å²) in [6.07, 6.45) is 5.40. The molecule has 0 saturated carbocycles. The van der Waals surface area contributed by atoms with Crippen LogP contribution in [0.25, 0.3) is 11.3 Å². The van der Waals surface area contributed by atoms with Crippen LogP contribution in [0.4, 0.5) is 10.5 Å². The van der Waals surface area contributed by atoms with E-state index in [0.29, 0.717) is 12.2 Å². The average molecular weight is 300 g/mol. The second-order valence-corrected chi connectivity index (χ2v) is 5.41. The molecule has 116 valence electrons. The second kappa shape index (κ2) is 6.09. The van der Waals surface area contributed by atoms with Gasteiger partial charge in [0.2, 0.25) is 0 Å². The van der Waals surface area contributed by atoms with Crippen LogP contribution in [0.3, 0.4) is 0 Å². The third-order valence-corrected chi connectivity index (χ3v) is 3.79. The maximum atomic E-state index is 11.6. The van der Waals surface area contributed by atoms with Crippen molar-refractivity contribution in [3.05, 3.63) is 30.2 Å². The lowest BCUT2D eigenvalue weighted by Crippen LogP contribution is -2.28. The van der Waals surface area contributed by atoms with Crippen molar-refractivity contribution >= 4 is 11.7 Å². The van der Waals surface area contributed by atoms with Crippen LogP contribution in [0.1, 0.15) is 25.6 Å². The molecular formula is C16H20N4O2. The molecule has 2 aromatic rings. The molecule has 0 aliphatic carbocycles. The molecule has 0 fully saturated rings. The molecule has 2 heterocycles. The highest BCUT2D eigenvalue weighted by molar-refractivity contribution is 5.91. The van der Waals surface area contributed by atoms with Crippen LogP contribution in [0.2, 0.25) is 0 Å². The molecule has 0 saturated heterocycles. The molecule has 0 unspecified atom stereocenters. The molecule has 22 heavy (non-hydrogen) atoms. The summed E-state index contributed by atoms with van der Waals surface area (Å²) >= 11 is 0. The van der Waals surface area contributed by atoms with Crippen LogP contribution in [0, 0.1) is 0 Å². The predicted molar refractivity (Wildman–Crippen MR) is 85.0 cm³/mol. The highest BCUT2D eigenvalue weighted by Gasteiger charge is 2.14. The number of hydrogen-bond donors (Lipinski definition) is 3. The number of nitrogens with one attached hydrogen (secondary N) is 2. The van der Waals surface area contributed by atoms with Crippen molar-refractivity contribution in [3.8, 4) is 17.0 Å². The van der Waals surface area contributed by atoms with Crippen molar-refractivity contribution in [1.82, 2.24) is 14.9 Å². The Labute approximate surface area is 129 Å². The number of aromatic hydroxyl groups is 1. The van der Waals surface area contributed by atoms with E-state index < -0.39 is 0 Å². The minimum atomic E-state index is -0.334. The fraction of sp³-hybridized carbons (Fsp3) is 0.375. The minimum Gasteiger partial charge on any atom is -0.506 e. The van der Waals surface area contributed by atoms with Crippen LogP contribution in [-0.2, 0) is 13.0 Å². The number of anilines is 1. The molecule has 0 atom stereocenters. The van der Waals surface area contributed by atoms with Crippen LogP contribution in [0.5, 0.6) is 5.75 Å². The summed E-state index contributed by atoms with van der Waals surface area (Å²) in [4.78, 5) is 16.3. The number of benzene rings is 1. The van der Waals surface area contributed by atoms with Crippen LogP contribution < -0.4 is 10.6 Å². The predicted octanol–water partition coefficient (Wildman–Crippen LogP) is 2.73. The zero-order valence-corrected chi connectivity index (χ0v) is 12.6. The van der Waals surface area contributed by atoms with Gasteiger partial charge < -0.3 is 20.3 Å². The van der Waals surface area contributed by atoms with Gasteiger partial charge in [0, 0.05) is 31.3 Å². The van der Waals surface area contributed by atoms with Gasteiger partial charge in [0.25, 0.3) is 0 Å². The van der Waals surface area contributed by atoms with Gasteiger partial charge in [-0.05, 0) is 38.0 Å². The van der Waals surface area contributed by atoms with Gasteiger partial charge in [0.1, 0.15) is 11.6 Å². The first-order valence-electron chi connectivity index (χ1n) is 7.61. The lowest BCUT2D eigenvalue weighted by molar-refractivity contribution is 0.252. The fourth-order valence-corrected chi connectivity index (χ4v) is 2.67. The lowest BCUT2D eigenvalue weighted by Gasteiger charge is -2.11. The molecular weight excluding hydrogens is 280 g/mol. The topological polar surface area (TPSA) is 79.2 Å². The quantitative estimate of drug-likeness (QED) is 0.763. The van der Waals surface area contributed by atoms with Crippen molar-refractivity contribution in [3.63, 3.8) is 0 Å². The SMILES string of the molecule is CCNC(=O)Nc1cc(-c2cn3c(n2)CCCC3)ccc1O. The molecule has 1 aliphatic rings. The van der Waals surface area contributed by atoms with Gasteiger partial charge in [-0.15, -0.1) is 0 Å². The third kappa shape index (κ3) is 2.90. The van der Waals surface area contributed by atoms with Gasteiger partial charge in [-0.1, -0.05) is 0 Å². The van der Waals surface area contributed by atoms with E-state index in [0.717, 1.165) is 30.0 Å². The molecule has 1 aliphatic heterocycles. The molecule has 6 nitrogen and oxygen atoms in total. The summed E-state index contributed by atoms with van der Waals surface area (Å²) in [6, 6.07) is 4.81. The van der Waals surface area contributed by atoms with Crippen molar-refractivity contribution in [2.24, 2.45) is 0 Å². The van der Waals surface area contributed by atoms with Gasteiger partial charge >= 0.3 is 6.03 Å². The van der Waals surface area contributed by atoms with Crippen LogP contribution in [0.15, 0.2) is 24.4 Å². The summed E-state index contributed by atoms with van der Waals surface area (Å²) in [6.45, 7) is 3.37. The molecule has 1 aromatic carbocycles. The maximum Gasteiger partial charge on any atom is 0.319 e. The Bertz CT molecular complexity index is 670. The maximum absolute atomic E-state index is 11.6. The molecule has 3 N–H and O–H groups in total. The number of phenolic OH excluding ortho intramolecular Hbond substituents is 1. The van der Waals surface area contributed by atoms with Crippen molar-refractivity contribution in [2.45, 2.75) is 32.7 Å². The largest absolute Gasteiger partial charge is 0.506 e. The van der Waals surface area contributed by atoms with Crippen LogP contribution in [-0.4, -0.2) is 27.2 Å². The number of nitrogens with zero attached hydrogens (tertiary/aromatic N) is 2. The van der Waals surface area contributed by atoms with Crippen molar-refractivity contribution < 1.29 is 9.90 Å². The zero-order chi connectivity index (χ0) is 15.5. The Hall–Kier alpha value is -2.50. The molecule has 3 rings (SSSR count). The fourth-order valence-electron chi connectivity index (χ4n) is 2.67. The highest BCUT2D eigenvalue weighted by atomic mass is 16.3. The Morgan fingerprint density at radius 2 is 2.27 bits per heavy atom. The summed E-state index contributed by atoms with van der Waals surface area (Å²) in [7, 11) is 0. The third-order valence-electron chi connectivity index (χ3n) is 3.79. The van der Waals surface area contributed by atoms with E-state index in [2.05, 4.69) is 20.2 Å². The number of aromatic nitrogens is 2. The van der Waals surface area contributed by atoms with Crippen molar-refractivity contribution in [1.29, 1.82) is 0 Å². The number of rotatable bonds is 3. The Kier molecular flexibility index (Phi) is 4.00. The Balaban J connectivity index is 1.88. The standard InChI is InChI=1S/C16H20N4O2/c1-2-17-16(22)19-12-9-11(6-7-14(12)21)13-10-20-8-4-3-5-15(20)18-13/h6-7,9-10,21H,2-5,8H2,1H3,(H2,17,19,22). The van der Waals surface area contributed by atoms with Gasteiger partial charge in [-0.3, -0.25) is 0 Å². The van der Waals surface area contributed by atoms with E-state index in [-0.39, 0.29) is 11.8 Å². The normalized spacial score (nSPS) is 13.5.